The summed E-state index contributed by atoms with van der Waals surface area (Å²) in [6.07, 6.45) is 3.91. The molecule has 1 fully saturated rings. The van der Waals surface area contributed by atoms with Crippen LogP contribution < -0.4 is 10.1 Å². The minimum atomic E-state index is -0.00609. The molecule has 1 aliphatic carbocycles. The summed E-state index contributed by atoms with van der Waals surface area (Å²) in [7, 11) is 0. The van der Waals surface area contributed by atoms with Crippen LogP contribution in [0.2, 0.25) is 0 Å². The zero-order valence-electron chi connectivity index (χ0n) is 21.0. The number of aromatic nitrogens is 2. The van der Waals surface area contributed by atoms with Gasteiger partial charge in [-0.05, 0) is 74.8 Å². The molecule has 1 atom stereocenters. The molecular weight excluding hydrogens is 470 g/mol. The van der Waals surface area contributed by atoms with E-state index in [9.17, 15) is 10.1 Å². The predicted molar refractivity (Wildman–Crippen MR) is 141 cm³/mol. The zero-order valence-corrected chi connectivity index (χ0v) is 21.8. The second kappa shape index (κ2) is 10.3. The van der Waals surface area contributed by atoms with Gasteiger partial charge in [-0.1, -0.05) is 36.5 Å². The maximum absolute atomic E-state index is 12.9. The first kappa shape index (κ1) is 24.3. The fourth-order valence-electron chi connectivity index (χ4n) is 5.01. The quantitative estimate of drug-likeness (QED) is 0.466. The van der Waals surface area contributed by atoms with Gasteiger partial charge in [-0.15, -0.1) is 10.2 Å². The molecule has 7 nitrogen and oxygen atoms in total. The average Bonchev–Trinajstić information content (AvgIpc) is 3.52. The number of fused-ring (bicyclic) bond motifs is 1. The van der Waals surface area contributed by atoms with E-state index in [1.807, 2.05) is 43.0 Å². The van der Waals surface area contributed by atoms with Gasteiger partial charge in [0.2, 0.25) is 0 Å². The summed E-state index contributed by atoms with van der Waals surface area (Å²) in [5.41, 5.74) is 4.81. The molecule has 0 radical (unpaired) electrons. The van der Waals surface area contributed by atoms with Gasteiger partial charge in [0.15, 0.2) is 0 Å². The van der Waals surface area contributed by atoms with Gasteiger partial charge in [0, 0.05) is 24.2 Å². The standard InChI is InChI=1S/C28H31N5O2S/c1-17(2)35-25-10-7-19(15-20(25)16-29)26-31-32-27(36-26)23-6-4-5-22-21(23)8-9-24(22)30-28(34)33-13-11-18(3)12-14-33/h4-7,10,15,17-18,24H,8-9,11-14H2,1-3H3,(H,30,34)/t24-/m1/s1. The second-order valence-electron chi connectivity index (χ2n) is 9.99. The van der Waals surface area contributed by atoms with Crippen LogP contribution in [0.25, 0.3) is 21.1 Å². The Labute approximate surface area is 216 Å². The fraction of sp³-hybridized carbons (Fsp3) is 0.429. The van der Waals surface area contributed by atoms with E-state index in [-0.39, 0.29) is 18.2 Å². The second-order valence-corrected chi connectivity index (χ2v) is 11.0. The van der Waals surface area contributed by atoms with Crippen molar-refractivity contribution in [1.29, 1.82) is 5.26 Å². The Morgan fingerprint density at radius 2 is 1.94 bits per heavy atom. The monoisotopic (exact) mass is 501 g/mol. The molecule has 1 saturated heterocycles. The number of ether oxygens (including phenoxy) is 1. The Bertz CT molecular complexity index is 1300. The Morgan fingerprint density at radius 1 is 1.17 bits per heavy atom. The largest absolute Gasteiger partial charge is 0.490 e. The van der Waals surface area contributed by atoms with Crippen LogP contribution in [-0.2, 0) is 6.42 Å². The van der Waals surface area contributed by atoms with Crippen LogP contribution in [0.3, 0.4) is 0 Å². The number of carbonyl (C=O) groups excluding carboxylic acids is 1. The molecule has 1 aliphatic heterocycles. The van der Waals surface area contributed by atoms with Gasteiger partial charge in [0.25, 0.3) is 0 Å². The number of rotatable bonds is 5. The maximum Gasteiger partial charge on any atom is 0.317 e. The molecule has 2 heterocycles. The number of hydrogen-bond donors (Lipinski definition) is 1. The molecule has 3 aromatic rings. The van der Waals surface area contributed by atoms with Gasteiger partial charge < -0.3 is 15.0 Å². The van der Waals surface area contributed by atoms with Crippen LogP contribution in [0.1, 0.15) is 62.8 Å². The van der Waals surface area contributed by atoms with E-state index >= 15 is 0 Å². The van der Waals surface area contributed by atoms with Crippen molar-refractivity contribution < 1.29 is 9.53 Å². The lowest BCUT2D eigenvalue weighted by Crippen LogP contribution is -2.45. The van der Waals surface area contributed by atoms with E-state index in [1.165, 1.54) is 22.5 Å². The van der Waals surface area contributed by atoms with E-state index in [2.05, 4.69) is 40.6 Å². The van der Waals surface area contributed by atoms with E-state index in [0.29, 0.717) is 17.2 Å². The molecule has 0 spiro atoms. The summed E-state index contributed by atoms with van der Waals surface area (Å²) in [6.45, 7) is 7.79. The van der Waals surface area contributed by atoms with Gasteiger partial charge in [0.1, 0.15) is 21.8 Å². The molecule has 36 heavy (non-hydrogen) atoms. The molecule has 2 amide bonds. The fourth-order valence-corrected chi connectivity index (χ4v) is 5.90. The van der Waals surface area contributed by atoms with E-state index in [1.54, 1.807) is 0 Å². The Balaban J connectivity index is 1.35. The summed E-state index contributed by atoms with van der Waals surface area (Å²) < 4.78 is 5.74. The predicted octanol–water partition coefficient (Wildman–Crippen LogP) is 5.96. The van der Waals surface area contributed by atoms with Crippen molar-refractivity contribution in [1.82, 2.24) is 20.4 Å². The maximum atomic E-state index is 12.9. The van der Waals surface area contributed by atoms with Crippen LogP contribution in [0.5, 0.6) is 5.75 Å². The average molecular weight is 502 g/mol. The smallest absolute Gasteiger partial charge is 0.317 e. The molecule has 2 aromatic carbocycles. The van der Waals surface area contributed by atoms with E-state index in [4.69, 9.17) is 4.74 Å². The lowest BCUT2D eigenvalue weighted by atomic mass is 9.99. The van der Waals surface area contributed by atoms with Crippen LogP contribution >= 0.6 is 11.3 Å². The molecule has 5 rings (SSSR count). The molecular formula is C28H31N5O2S. The number of piperidine rings is 1. The van der Waals surface area contributed by atoms with Crippen molar-refractivity contribution in [2.45, 2.75) is 58.6 Å². The molecule has 8 heteroatoms. The van der Waals surface area contributed by atoms with Crippen LogP contribution in [-0.4, -0.2) is 40.3 Å². The van der Waals surface area contributed by atoms with Crippen LogP contribution in [0, 0.1) is 17.2 Å². The van der Waals surface area contributed by atoms with E-state index in [0.717, 1.165) is 59.9 Å². The topological polar surface area (TPSA) is 91.1 Å². The SMILES string of the molecule is CC1CCN(C(=O)N[C@@H]2CCc3c(-c4nnc(-c5ccc(OC(C)C)c(C#N)c5)s4)cccc32)CC1. The van der Waals surface area contributed by atoms with Gasteiger partial charge >= 0.3 is 6.03 Å². The number of likely N-dealkylation sites (tertiary alicyclic amines) is 1. The molecule has 186 valence electrons. The number of benzene rings is 2. The van der Waals surface area contributed by atoms with Crippen LogP contribution in [0.15, 0.2) is 36.4 Å². The van der Waals surface area contributed by atoms with Crippen molar-refractivity contribution in [2.24, 2.45) is 5.92 Å². The van der Waals surface area contributed by atoms with Gasteiger partial charge in [-0.25, -0.2) is 4.79 Å². The van der Waals surface area contributed by atoms with Gasteiger partial charge in [0.05, 0.1) is 17.7 Å². The molecule has 0 unspecified atom stereocenters. The highest BCUT2D eigenvalue weighted by Gasteiger charge is 2.29. The highest BCUT2D eigenvalue weighted by molar-refractivity contribution is 7.17. The highest BCUT2D eigenvalue weighted by atomic mass is 32.1. The molecule has 0 saturated carbocycles. The Hall–Kier alpha value is -3.44. The third-order valence-electron chi connectivity index (χ3n) is 7.00. The summed E-state index contributed by atoms with van der Waals surface area (Å²) in [4.78, 5) is 14.8. The number of nitrogens with zero attached hydrogens (tertiary/aromatic N) is 4. The molecule has 2 aliphatic rings. The van der Waals surface area contributed by atoms with E-state index < -0.39 is 0 Å². The number of amides is 2. The van der Waals surface area contributed by atoms with Crippen molar-refractivity contribution in [3.05, 3.63) is 53.1 Å². The minimum absolute atomic E-state index is 0.00609. The van der Waals surface area contributed by atoms with Gasteiger partial charge in [-0.3, -0.25) is 0 Å². The van der Waals surface area contributed by atoms with Gasteiger partial charge in [-0.2, -0.15) is 5.26 Å². The summed E-state index contributed by atoms with van der Waals surface area (Å²) >= 11 is 1.51. The first-order chi connectivity index (χ1) is 17.4. The third-order valence-corrected chi connectivity index (χ3v) is 8.01. The zero-order chi connectivity index (χ0) is 25.2. The summed E-state index contributed by atoms with van der Waals surface area (Å²) in [6, 6.07) is 14.1. The summed E-state index contributed by atoms with van der Waals surface area (Å²) in [5, 5.41) is 23.4. The van der Waals surface area contributed by atoms with Crippen molar-refractivity contribution in [2.75, 3.05) is 13.1 Å². The van der Waals surface area contributed by atoms with Crippen molar-refractivity contribution in [3.63, 3.8) is 0 Å². The molecule has 0 bridgehead atoms. The molecule has 1 N–H and O–H groups in total. The number of nitriles is 1. The number of hydrogen-bond acceptors (Lipinski definition) is 6. The lowest BCUT2D eigenvalue weighted by molar-refractivity contribution is 0.170. The summed E-state index contributed by atoms with van der Waals surface area (Å²) in [5.74, 6) is 1.27. The number of carbonyl (C=O) groups is 1. The minimum Gasteiger partial charge on any atom is -0.490 e. The Morgan fingerprint density at radius 3 is 2.69 bits per heavy atom. The Kier molecular flexibility index (Phi) is 6.92. The normalized spacial score (nSPS) is 17.6. The third kappa shape index (κ3) is 4.93. The number of urea groups is 1. The van der Waals surface area contributed by atoms with Crippen molar-refractivity contribution >= 4 is 17.4 Å². The first-order valence-corrected chi connectivity index (χ1v) is 13.5. The van der Waals surface area contributed by atoms with Crippen molar-refractivity contribution in [3.8, 4) is 33.0 Å². The van der Waals surface area contributed by atoms with Crippen LogP contribution in [0.4, 0.5) is 4.79 Å². The lowest BCUT2D eigenvalue weighted by Gasteiger charge is -2.31. The highest BCUT2D eigenvalue weighted by Crippen LogP contribution is 2.40. The number of nitrogens with one attached hydrogen (secondary N) is 1. The molecule has 1 aromatic heterocycles. The first-order valence-electron chi connectivity index (χ1n) is 12.6.